The summed E-state index contributed by atoms with van der Waals surface area (Å²) in [5, 5.41) is 10.0. The van der Waals surface area contributed by atoms with Crippen molar-refractivity contribution in [2.75, 3.05) is 9.80 Å². The minimum Gasteiger partial charge on any atom is -0.455 e. The minimum atomic E-state index is -0.717. The van der Waals surface area contributed by atoms with Gasteiger partial charge in [0, 0.05) is 39.4 Å². The molecule has 11 aromatic carbocycles. The second-order valence-electron chi connectivity index (χ2n) is 23.8. The predicted octanol–water partition coefficient (Wildman–Crippen LogP) is 17.5. The van der Waals surface area contributed by atoms with Gasteiger partial charge >= 0.3 is 0 Å². The number of hydrogen-bond donors (Lipinski definition) is 0. The summed E-state index contributed by atoms with van der Waals surface area (Å²) in [4.78, 5) is 4.98. The molecular weight excluding hydrogens is 977 g/mol. The lowest BCUT2D eigenvalue weighted by Gasteiger charge is -2.33. The van der Waals surface area contributed by atoms with Crippen LogP contribution < -0.4 is 20.2 Å². The Hall–Kier alpha value is -8.23. The van der Waals surface area contributed by atoms with Crippen molar-refractivity contribution < 1.29 is 4.42 Å². The molecule has 14 rings (SSSR count). The van der Waals surface area contributed by atoms with E-state index in [0.29, 0.717) is 0 Å². The molecule has 78 heavy (non-hydrogen) atoms. The van der Waals surface area contributed by atoms with Gasteiger partial charge in [-0.3, -0.25) is 0 Å². The molecule has 1 aromatic heterocycles. The number of nitrogens with zero attached hydrogens (tertiary/aromatic N) is 2. The van der Waals surface area contributed by atoms with Crippen molar-refractivity contribution >= 4 is 107 Å². The van der Waals surface area contributed by atoms with Gasteiger partial charge in [0.15, 0.2) is 0 Å². The van der Waals surface area contributed by atoms with Crippen LogP contribution in [0.3, 0.4) is 0 Å². The van der Waals surface area contributed by atoms with Crippen LogP contribution >= 0.6 is 0 Å². The van der Waals surface area contributed by atoms with E-state index < -0.39 is 5.41 Å². The minimum absolute atomic E-state index is 0.00357. The number of rotatable bonds is 8. The van der Waals surface area contributed by atoms with E-state index in [1.54, 1.807) is 0 Å². The number of furan rings is 1. The van der Waals surface area contributed by atoms with E-state index in [9.17, 15) is 0 Å². The van der Waals surface area contributed by atoms with E-state index in [1.165, 1.54) is 87.6 Å². The molecule has 0 atom stereocenters. The molecule has 3 nitrogen and oxygen atoms in total. The maximum atomic E-state index is 7.52. The Morgan fingerprint density at radius 1 is 0.385 bits per heavy atom. The second-order valence-corrected chi connectivity index (χ2v) is 26.8. The van der Waals surface area contributed by atoms with Gasteiger partial charge in [0.25, 0.3) is 0 Å². The van der Waals surface area contributed by atoms with Gasteiger partial charge in [0.05, 0.1) is 35.5 Å². The van der Waals surface area contributed by atoms with Crippen LogP contribution in [-0.4, -0.2) is 19.0 Å². The zero-order chi connectivity index (χ0) is 53.2. The molecule has 0 radical (unpaired) electrons. The average Bonchev–Trinajstić information content (AvgIpc) is 3.70. The molecule has 0 N–H and O–H groups in total. The quantitative estimate of drug-likeness (QED) is 0.112. The van der Waals surface area contributed by atoms with Gasteiger partial charge in [-0.2, -0.15) is 0 Å². The first-order chi connectivity index (χ1) is 37.9. The zero-order valence-corrected chi connectivity index (χ0v) is 48.8. The summed E-state index contributed by atoms with van der Waals surface area (Å²) in [6, 6.07) is 83.5. The van der Waals surface area contributed by atoms with Gasteiger partial charge < -0.3 is 14.2 Å². The van der Waals surface area contributed by atoms with Crippen molar-refractivity contribution in [1.82, 2.24) is 0 Å². The van der Waals surface area contributed by atoms with Gasteiger partial charge in [-0.15, -0.1) is 0 Å². The van der Waals surface area contributed by atoms with Crippen molar-refractivity contribution in [2.45, 2.75) is 70.9 Å². The monoisotopic (exact) mass is 1040 g/mol. The first-order valence-electron chi connectivity index (χ1n) is 28.0. The summed E-state index contributed by atoms with van der Waals surface area (Å²) in [5.41, 5.74) is 20.6. The van der Waals surface area contributed by atoms with Crippen molar-refractivity contribution in [2.24, 2.45) is 0 Å². The fraction of sp³-hybridized carbons (Fsp3) is 0.151. The number of fused-ring (bicyclic) bond motifs is 19. The van der Waals surface area contributed by atoms with Gasteiger partial charge in [-0.1, -0.05) is 211 Å². The van der Waals surface area contributed by atoms with Gasteiger partial charge in [-0.25, -0.2) is 0 Å². The van der Waals surface area contributed by atoms with Crippen molar-refractivity contribution in [3.8, 4) is 22.3 Å². The molecule has 1 spiro atoms. The normalized spacial score (nSPS) is 13.6. The molecule has 2 aliphatic carbocycles. The van der Waals surface area contributed by atoms with Crippen LogP contribution in [0.4, 0.5) is 34.1 Å². The summed E-state index contributed by atoms with van der Waals surface area (Å²) in [7, 11) is -0.688. The molecule has 380 valence electrons. The molecule has 0 saturated heterocycles. The molecule has 12 aromatic rings. The Morgan fingerprint density at radius 2 is 0.846 bits per heavy atom. The number of benzene rings is 11. The summed E-state index contributed by atoms with van der Waals surface area (Å²) < 4.78 is 7.52. The maximum Gasteiger partial charge on any atom is 0.145 e. The third-order valence-corrected chi connectivity index (χ3v) is 19.9. The molecule has 0 amide bonds. The fourth-order valence-electron chi connectivity index (χ4n) is 13.4. The Bertz CT molecular complexity index is 4300. The average molecular weight is 1040 g/mol. The van der Waals surface area contributed by atoms with E-state index >= 15 is 0 Å². The largest absolute Gasteiger partial charge is 0.455 e. The third kappa shape index (κ3) is 7.21. The van der Waals surface area contributed by atoms with Crippen LogP contribution in [0.1, 0.15) is 74.9 Å². The van der Waals surface area contributed by atoms with Crippen LogP contribution in [0.15, 0.2) is 223 Å². The predicted molar refractivity (Wildman–Crippen MR) is 340 cm³/mol. The molecule has 0 saturated carbocycles. The number of anilines is 6. The molecule has 0 fully saturated rings. The maximum absolute atomic E-state index is 7.52. The Kier molecular flexibility index (Phi) is 11.1. The summed E-state index contributed by atoms with van der Waals surface area (Å²) in [6.45, 7) is 18.5. The fourth-order valence-corrected chi connectivity index (χ4v) is 14.8. The van der Waals surface area contributed by atoms with Gasteiger partial charge in [0.1, 0.15) is 11.2 Å². The smallest absolute Gasteiger partial charge is 0.145 e. The lowest BCUT2D eigenvalue weighted by Crippen LogP contribution is -2.26. The molecular formula is C73H64N2OSi2. The summed E-state index contributed by atoms with van der Waals surface area (Å²) >= 11 is 0. The first-order valence-corrected chi connectivity index (χ1v) is 32.3. The second kappa shape index (κ2) is 17.9. The topological polar surface area (TPSA) is 19.6 Å². The Labute approximate surface area is 463 Å². The van der Waals surface area contributed by atoms with Crippen molar-refractivity contribution in [3.05, 3.63) is 252 Å². The zero-order valence-electron chi connectivity index (χ0n) is 46.0. The SMILES string of the molecule is C[SiH2]c1ccc(N(c2ccc(C(C)(C)C)cc2)c2ccc3c4c(c5ccccc5c3c2)-c2c(cc(N(c3ccc([SiH2]C)cc3)c3ccc(C(C)(C)C)cc3)c3c2oc2ccccc23)C42c3ccccc3-c3ccccc32)cc1. The van der Waals surface area contributed by atoms with E-state index in [4.69, 9.17) is 4.42 Å². The number of para-hydroxylation sites is 1. The molecule has 2 aliphatic rings. The highest BCUT2D eigenvalue weighted by Gasteiger charge is 2.54. The van der Waals surface area contributed by atoms with Crippen LogP contribution in [0.25, 0.3) is 65.7 Å². The van der Waals surface area contributed by atoms with Crippen molar-refractivity contribution in [3.63, 3.8) is 0 Å². The highest BCUT2D eigenvalue weighted by atomic mass is 28.2. The van der Waals surface area contributed by atoms with Crippen molar-refractivity contribution in [1.29, 1.82) is 0 Å². The van der Waals surface area contributed by atoms with Crippen LogP contribution in [-0.2, 0) is 16.2 Å². The van der Waals surface area contributed by atoms with E-state index in [1.807, 2.05) is 0 Å². The van der Waals surface area contributed by atoms with Crippen LogP contribution in [0.2, 0.25) is 13.1 Å². The first kappa shape index (κ1) is 48.2. The standard InChI is InChI=1S/C73H64N2OSi2/c1-71(2,3)45-25-29-47(30-26-45)74(48-33-38-52(77-7)39-34-48)51-37-42-58-60(43-51)54-17-9-10-20-57(54)67-68-63(73(69(58)67)61-22-14-11-18-55(61)56-19-12-15-23-62(56)73)44-64(66-59-21-13-16-24-65(59)76-70(66)68)75(50-35-40-53(78-8)41-36-50)49-31-27-46(28-32-49)72(4,5)6/h9-44H,77-78H2,1-8H3. The highest BCUT2D eigenvalue weighted by molar-refractivity contribution is 6.52. The lowest BCUT2D eigenvalue weighted by atomic mass is 9.69. The molecule has 0 aliphatic heterocycles. The summed E-state index contributed by atoms with van der Waals surface area (Å²) in [5.74, 6) is 0. The summed E-state index contributed by atoms with van der Waals surface area (Å²) in [6.07, 6.45) is 0. The van der Waals surface area contributed by atoms with E-state index in [-0.39, 0.29) is 29.9 Å². The Balaban J connectivity index is 1.12. The molecule has 5 heteroatoms. The van der Waals surface area contributed by atoms with E-state index in [0.717, 1.165) is 56.1 Å². The molecule has 0 unspecified atom stereocenters. The Morgan fingerprint density at radius 3 is 1.38 bits per heavy atom. The van der Waals surface area contributed by atoms with Gasteiger partial charge in [0.2, 0.25) is 0 Å². The van der Waals surface area contributed by atoms with Gasteiger partial charge in [-0.05, 0) is 155 Å². The van der Waals surface area contributed by atoms with Crippen LogP contribution in [0.5, 0.6) is 0 Å². The van der Waals surface area contributed by atoms with Crippen LogP contribution in [0, 0.1) is 0 Å². The lowest BCUT2D eigenvalue weighted by molar-refractivity contribution is 0.590. The van der Waals surface area contributed by atoms with E-state index in [2.05, 4.69) is 283 Å². The highest BCUT2D eigenvalue weighted by Crippen LogP contribution is 2.68. The number of hydrogen-bond acceptors (Lipinski definition) is 3. The molecule has 1 heterocycles. The third-order valence-electron chi connectivity index (χ3n) is 17.3. The molecule has 0 bridgehead atoms.